The predicted molar refractivity (Wildman–Crippen MR) is 99.6 cm³/mol. The van der Waals surface area contributed by atoms with Crippen molar-refractivity contribution in [1.82, 2.24) is 20.2 Å². The predicted octanol–water partition coefficient (Wildman–Crippen LogP) is 2.32. The number of ether oxygens (including phenoxy) is 1. The summed E-state index contributed by atoms with van der Waals surface area (Å²) in [6, 6.07) is 9.41. The number of carbonyl (C=O) groups is 2. The summed E-state index contributed by atoms with van der Waals surface area (Å²) < 4.78 is 4.89. The van der Waals surface area contributed by atoms with Crippen LogP contribution in [0.15, 0.2) is 30.3 Å². The minimum atomic E-state index is -0.421. The molecule has 0 saturated carbocycles. The second-order valence-electron chi connectivity index (χ2n) is 6.11. The van der Waals surface area contributed by atoms with Crippen LogP contribution in [-0.4, -0.2) is 39.2 Å². The molecule has 1 aromatic carbocycles. The number of hydrogen-bond donors (Lipinski definition) is 1. The van der Waals surface area contributed by atoms with Crippen molar-refractivity contribution in [2.24, 2.45) is 0 Å². The van der Waals surface area contributed by atoms with E-state index in [1.54, 1.807) is 0 Å². The molecule has 0 fully saturated rings. The number of nitrogens with zero attached hydrogens (tertiary/aromatic N) is 4. The highest BCUT2D eigenvalue weighted by Gasteiger charge is 2.28. The molecular formula is C18H17N5O3S. The second-order valence-corrected chi connectivity index (χ2v) is 7.22. The van der Waals surface area contributed by atoms with Gasteiger partial charge in [-0.1, -0.05) is 30.3 Å². The molecule has 0 unspecified atom stereocenters. The molecule has 27 heavy (non-hydrogen) atoms. The van der Waals surface area contributed by atoms with Crippen LogP contribution in [0.5, 0.6) is 0 Å². The molecule has 3 aromatic rings. The van der Waals surface area contributed by atoms with Crippen LogP contribution >= 0.6 is 11.3 Å². The summed E-state index contributed by atoms with van der Waals surface area (Å²) in [6.45, 7) is -0.0942. The van der Waals surface area contributed by atoms with Gasteiger partial charge in [0.1, 0.15) is 11.5 Å². The van der Waals surface area contributed by atoms with Crippen molar-refractivity contribution in [3.05, 3.63) is 46.3 Å². The highest BCUT2D eigenvalue weighted by molar-refractivity contribution is 7.17. The van der Waals surface area contributed by atoms with Gasteiger partial charge in [-0.15, -0.1) is 21.5 Å². The van der Waals surface area contributed by atoms with E-state index in [1.165, 1.54) is 23.2 Å². The number of aromatic nitrogens is 4. The Morgan fingerprint density at radius 2 is 2.07 bits per heavy atom. The topological polar surface area (TPSA) is 99.0 Å². The van der Waals surface area contributed by atoms with Gasteiger partial charge < -0.3 is 10.1 Å². The van der Waals surface area contributed by atoms with Crippen molar-refractivity contribution in [3.8, 4) is 11.4 Å². The lowest BCUT2D eigenvalue weighted by molar-refractivity contribution is -0.117. The summed E-state index contributed by atoms with van der Waals surface area (Å²) >= 11 is 1.43. The molecule has 1 aliphatic carbocycles. The maximum atomic E-state index is 12.4. The number of anilines is 1. The van der Waals surface area contributed by atoms with Crippen LogP contribution in [0.2, 0.25) is 0 Å². The molecule has 1 N–H and O–H groups in total. The van der Waals surface area contributed by atoms with E-state index in [4.69, 9.17) is 4.74 Å². The number of benzene rings is 1. The Morgan fingerprint density at radius 1 is 1.26 bits per heavy atom. The van der Waals surface area contributed by atoms with Crippen LogP contribution in [-0.2, 0) is 28.9 Å². The molecule has 1 aliphatic rings. The number of tetrazole rings is 1. The molecular weight excluding hydrogens is 366 g/mol. The van der Waals surface area contributed by atoms with E-state index in [-0.39, 0.29) is 12.5 Å². The third kappa shape index (κ3) is 3.45. The number of rotatable bonds is 5. The third-order valence-corrected chi connectivity index (χ3v) is 5.54. The Bertz CT molecular complexity index is 996. The Morgan fingerprint density at radius 3 is 2.85 bits per heavy atom. The fraction of sp³-hybridized carbons (Fsp3) is 0.278. The molecule has 2 aromatic heterocycles. The number of esters is 1. The van der Waals surface area contributed by atoms with Crippen LogP contribution in [0.3, 0.4) is 0 Å². The second kappa shape index (κ2) is 7.28. The summed E-state index contributed by atoms with van der Waals surface area (Å²) in [4.78, 5) is 26.9. The van der Waals surface area contributed by atoms with Crippen LogP contribution in [0, 0.1) is 0 Å². The summed E-state index contributed by atoms with van der Waals surface area (Å²) in [5.41, 5.74) is 2.29. The van der Waals surface area contributed by atoms with E-state index in [2.05, 4.69) is 20.7 Å². The monoisotopic (exact) mass is 383 g/mol. The first-order chi connectivity index (χ1) is 13.2. The molecule has 0 spiro atoms. The largest absolute Gasteiger partial charge is 0.465 e. The molecule has 1 amide bonds. The average molecular weight is 383 g/mol. The molecule has 0 bridgehead atoms. The molecule has 0 radical (unpaired) electrons. The van der Waals surface area contributed by atoms with Crippen molar-refractivity contribution >= 4 is 28.2 Å². The molecule has 0 aliphatic heterocycles. The van der Waals surface area contributed by atoms with Gasteiger partial charge in [0.25, 0.3) is 0 Å². The number of thiophene rings is 1. The van der Waals surface area contributed by atoms with E-state index in [9.17, 15) is 9.59 Å². The lowest BCUT2D eigenvalue weighted by Crippen LogP contribution is -2.21. The fourth-order valence-electron chi connectivity index (χ4n) is 3.12. The zero-order valence-corrected chi connectivity index (χ0v) is 15.5. The van der Waals surface area contributed by atoms with Crippen molar-refractivity contribution in [1.29, 1.82) is 0 Å². The quantitative estimate of drug-likeness (QED) is 0.679. The van der Waals surface area contributed by atoms with E-state index < -0.39 is 5.97 Å². The van der Waals surface area contributed by atoms with Gasteiger partial charge in [0.2, 0.25) is 11.7 Å². The minimum Gasteiger partial charge on any atom is -0.465 e. The lowest BCUT2D eigenvalue weighted by atomic mass is 10.1. The Hall–Kier alpha value is -3.07. The fourth-order valence-corrected chi connectivity index (χ4v) is 4.41. The van der Waals surface area contributed by atoms with E-state index in [1.807, 2.05) is 30.3 Å². The molecule has 8 nitrogen and oxygen atoms in total. The average Bonchev–Trinajstić information content (AvgIpc) is 3.38. The summed E-state index contributed by atoms with van der Waals surface area (Å²) in [5, 5.41) is 15.5. The van der Waals surface area contributed by atoms with Gasteiger partial charge in [0.15, 0.2) is 0 Å². The van der Waals surface area contributed by atoms with E-state index in [0.29, 0.717) is 16.4 Å². The number of nitrogens with one attached hydrogen (secondary N) is 1. The van der Waals surface area contributed by atoms with Gasteiger partial charge >= 0.3 is 5.97 Å². The molecule has 0 atom stereocenters. The third-order valence-electron chi connectivity index (χ3n) is 4.33. The number of aryl methyl sites for hydroxylation is 1. The molecule has 2 heterocycles. The highest BCUT2D eigenvalue weighted by Crippen LogP contribution is 2.39. The summed E-state index contributed by atoms with van der Waals surface area (Å²) in [7, 11) is 1.34. The van der Waals surface area contributed by atoms with Crippen molar-refractivity contribution < 1.29 is 14.3 Å². The molecule has 9 heteroatoms. The maximum Gasteiger partial charge on any atom is 0.341 e. The van der Waals surface area contributed by atoms with E-state index >= 15 is 0 Å². The zero-order valence-electron chi connectivity index (χ0n) is 14.6. The molecule has 138 valence electrons. The summed E-state index contributed by atoms with van der Waals surface area (Å²) in [6.07, 6.45) is 2.77. The van der Waals surface area contributed by atoms with Crippen LogP contribution < -0.4 is 5.32 Å². The molecule has 0 saturated heterocycles. The lowest BCUT2D eigenvalue weighted by Gasteiger charge is -2.06. The number of carbonyl (C=O) groups excluding carboxylic acids is 2. The van der Waals surface area contributed by atoms with Gasteiger partial charge in [-0.3, -0.25) is 4.79 Å². The van der Waals surface area contributed by atoms with Crippen molar-refractivity contribution in [2.75, 3.05) is 12.4 Å². The maximum absolute atomic E-state index is 12.4. The highest BCUT2D eigenvalue weighted by atomic mass is 32.1. The zero-order chi connectivity index (χ0) is 18.8. The Balaban J connectivity index is 1.49. The smallest absolute Gasteiger partial charge is 0.341 e. The van der Waals surface area contributed by atoms with Gasteiger partial charge in [0.05, 0.1) is 12.7 Å². The van der Waals surface area contributed by atoms with Crippen molar-refractivity contribution in [3.63, 3.8) is 0 Å². The number of amides is 1. The minimum absolute atomic E-state index is 0.0942. The number of hydrogen-bond acceptors (Lipinski definition) is 7. The number of methoxy groups -OCH3 is 1. The van der Waals surface area contributed by atoms with Gasteiger partial charge in [0, 0.05) is 10.4 Å². The standard InChI is InChI=1S/C18H17N5O3S/c1-26-18(25)15-12-8-5-9-13(12)27-17(15)19-14(24)10-23-21-16(20-22-23)11-6-3-2-4-7-11/h2-4,6-7H,5,8-10H2,1H3,(H,19,24). The Labute approximate surface area is 159 Å². The van der Waals surface area contributed by atoms with Crippen molar-refractivity contribution in [2.45, 2.75) is 25.8 Å². The van der Waals surface area contributed by atoms with Gasteiger partial charge in [-0.2, -0.15) is 4.80 Å². The SMILES string of the molecule is COC(=O)c1c(NC(=O)Cn2nnc(-c3ccccc3)n2)sc2c1CCC2. The molecule has 4 rings (SSSR count). The van der Waals surface area contributed by atoms with Gasteiger partial charge in [-0.05, 0) is 30.0 Å². The van der Waals surface area contributed by atoms with Crippen LogP contribution in [0.4, 0.5) is 5.00 Å². The first kappa shape index (κ1) is 17.3. The normalized spacial score (nSPS) is 12.6. The van der Waals surface area contributed by atoms with Gasteiger partial charge in [-0.25, -0.2) is 4.79 Å². The number of fused-ring (bicyclic) bond motifs is 1. The Kier molecular flexibility index (Phi) is 4.68. The first-order valence-electron chi connectivity index (χ1n) is 8.51. The van der Waals surface area contributed by atoms with Crippen LogP contribution in [0.25, 0.3) is 11.4 Å². The van der Waals surface area contributed by atoms with E-state index in [0.717, 1.165) is 35.3 Å². The van der Waals surface area contributed by atoms with Crippen LogP contribution in [0.1, 0.15) is 27.2 Å². The first-order valence-corrected chi connectivity index (χ1v) is 9.33. The summed E-state index contributed by atoms with van der Waals surface area (Å²) in [5.74, 6) is -0.291.